The molecule has 76 valence electrons. The van der Waals surface area contributed by atoms with Gasteiger partial charge in [0.15, 0.2) is 0 Å². The number of phenols is 1. The summed E-state index contributed by atoms with van der Waals surface area (Å²) >= 11 is 5.84. The number of hydrogen-bond donors (Lipinski definition) is 3. The van der Waals surface area contributed by atoms with Crippen LogP contribution < -0.4 is 10.9 Å². The molecule has 3 nitrogen and oxygen atoms in total. The first-order valence-corrected chi connectivity index (χ1v) is 5.03. The van der Waals surface area contributed by atoms with Gasteiger partial charge < -0.3 is 5.11 Å². The molecule has 0 aromatic heterocycles. The van der Waals surface area contributed by atoms with Gasteiger partial charge in [-0.05, 0) is 23.6 Å². The van der Waals surface area contributed by atoms with Gasteiger partial charge in [0.2, 0.25) is 0 Å². The molecule has 0 radical (unpaired) electrons. The maximum absolute atomic E-state index is 9.28. The summed E-state index contributed by atoms with van der Waals surface area (Å²) in [7, 11) is 0. The number of aromatic hydroxyl groups is 1. The van der Waals surface area contributed by atoms with Crippen molar-refractivity contribution in [3.8, 4) is 5.75 Å². The van der Waals surface area contributed by atoms with Crippen molar-refractivity contribution in [2.45, 2.75) is 13.0 Å². The van der Waals surface area contributed by atoms with Crippen molar-refractivity contribution in [2.75, 3.05) is 6.54 Å². The molecule has 1 aliphatic heterocycles. The molecule has 14 heavy (non-hydrogen) atoms. The highest BCUT2D eigenvalue weighted by Crippen LogP contribution is 2.30. The summed E-state index contributed by atoms with van der Waals surface area (Å²) in [6.45, 7) is 3.11. The molecule has 4 heteroatoms. The average Bonchev–Trinajstić information content (AvgIpc) is 2.57. The number of nitrogens with one attached hydrogen (secondary N) is 2. The minimum absolute atomic E-state index is 0.133. The van der Waals surface area contributed by atoms with E-state index in [0.29, 0.717) is 10.9 Å². The summed E-state index contributed by atoms with van der Waals surface area (Å²) in [6, 6.07) is 5.60. The zero-order chi connectivity index (χ0) is 10.1. The third-order valence-corrected chi connectivity index (χ3v) is 2.88. The first kappa shape index (κ1) is 9.77. The number of benzene rings is 1. The Bertz CT molecular complexity index is 343. The fourth-order valence-electron chi connectivity index (χ4n) is 1.72. The van der Waals surface area contributed by atoms with Gasteiger partial charge in [-0.15, -0.1) is 0 Å². The van der Waals surface area contributed by atoms with Crippen LogP contribution >= 0.6 is 11.6 Å². The first-order chi connectivity index (χ1) is 6.68. The van der Waals surface area contributed by atoms with Gasteiger partial charge in [-0.2, -0.15) is 0 Å². The molecule has 0 bridgehead atoms. The molecule has 0 aliphatic carbocycles. The molecule has 1 aliphatic rings. The molecule has 1 saturated heterocycles. The van der Waals surface area contributed by atoms with Crippen molar-refractivity contribution in [1.82, 2.24) is 10.9 Å². The normalized spacial score (nSPS) is 26.7. The Morgan fingerprint density at radius 2 is 2.29 bits per heavy atom. The molecular formula is C10H13ClN2O. The first-order valence-electron chi connectivity index (χ1n) is 4.65. The van der Waals surface area contributed by atoms with Gasteiger partial charge in [0.25, 0.3) is 0 Å². The topological polar surface area (TPSA) is 44.3 Å². The van der Waals surface area contributed by atoms with Gasteiger partial charge in [0.05, 0.1) is 11.1 Å². The summed E-state index contributed by atoms with van der Waals surface area (Å²) in [6.07, 6.45) is 0. The highest BCUT2D eigenvalue weighted by Gasteiger charge is 2.24. The SMILES string of the molecule is CC1CNNC1c1ccc(O)c(Cl)c1. The number of hydrogen-bond acceptors (Lipinski definition) is 3. The standard InChI is InChI=1S/C10H13ClN2O/c1-6-5-12-13-10(6)7-2-3-9(14)8(11)4-7/h2-4,6,10,12-14H,5H2,1H3. The molecule has 2 atom stereocenters. The lowest BCUT2D eigenvalue weighted by Crippen LogP contribution is -2.24. The largest absolute Gasteiger partial charge is 0.506 e. The van der Waals surface area contributed by atoms with E-state index in [1.54, 1.807) is 12.1 Å². The maximum atomic E-state index is 9.28. The quantitative estimate of drug-likeness (QED) is 0.666. The maximum Gasteiger partial charge on any atom is 0.134 e. The Morgan fingerprint density at radius 1 is 1.50 bits per heavy atom. The van der Waals surface area contributed by atoms with Crippen LogP contribution in [-0.4, -0.2) is 11.7 Å². The van der Waals surface area contributed by atoms with E-state index in [0.717, 1.165) is 12.1 Å². The molecule has 0 amide bonds. The molecule has 2 rings (SSSR count). The van der Waals surface area contributed by atoms with E-state index in [-0.39, 0.29) is 11.8 Å². The van der Waals surface area contributed by atoms with Crippen LogP contribution in [0.5, 0.6) is 5.75 Å². The fraction of sp³-hybridized carbons (Fsp3) is 0.400. The number of rotatable bonds is 1. The van der Waals surface area contributed by atoms with Crippen LogP contribution in [-0.2, 0) is 0 Å². The summed E-state index contributed by atoms with van der Waals surface area (Å²) in [5.74, 6) is 0.657. The smallest absolute Gasteiger partial charge is 0.134 e. The second kappa shape index (κ2) is 3.77. The molecule has 1 heterocycles. The van der Waals surface area contributed by atoms with E-state index in [2.05, 4.69) is 17.8 Å². The molecule has 3 N–H and O–H groups in total. The van der Waals surface area contributed by atoms with E-state index in [1.165, 1.54) is 0 Å². The molecule has 1 aromatic rings. The van der Waals surface area contributed by atoms with Crippen molar-refractivity contribution < 1.29 is 5.11 Å². The number of phenolic OH excluding ortho intramolecular Hbond substituents is 1. The van der Waals surface area contributed by atoms with Gasteiger partial charge in [-0.25, -0.2) is 0 Å². The molecular weight excluding hydrogens is 200 g/mol. The molecule has 1 aromatic carbocycles. The second-order valence-electron chi connectivity index (χ2n) is 3.69. The third kappa shape index (κ3) is 1.71. The fourth-order valence-corrected chi connectivity index (χ4v) is 1.91. The molecule has 1 fully saturated rings. The van der Waals surface area contributed by atoms with E-state index in [9.17, 15) is 5.11 Å². The van der Waals surface area contributed by atoms with Crippen molar-refractivity contribution in [2.24, 2.45) is 5.92 Å². The summed E-state index contributed by atoms with van der Waals surface area (Å²) < 4.78 is 0. The lowest BCUT2D eigenvalue weighted by atomic mass is 9.97. The Hall–Kier alpha value is -0.770. The zero-order valence-corrected chi connectivity index (χ0v) is 8.67. The number of hydrazine groups is 1. The van der Waals surface area contributed by atoms with Crippen molar-refractivity contribution in [3.63, 3.8) is 0 Å². The van der Waals surface area contributed by atoms with E-state index in [4.69, 9.17) is 11.6 Å². The minimum Gasteiger partial charge on any atom is -0.506 e. The van der Waals surface area contributed by atoms with Crippen LogP contribution in [0.1, 0.15) is 18.5 Å². The Morgan fingerprint density at radius 3 is 2.86 bits per heavy atom. The Kier molecular flexibility index (Phi) is 2.63. The van der Waals surface area contributed by atoms with Crippen LogP contribution in [0.3, 0.4) is 0 Å². The van der Waals surface area contributed by atoms with Crippen molar-refractivity contribution in [1.29, 1.82) is 0 Å². The van der Waals surface area contributed by atoms with Crippen LogP contribution in [0, 0.1) is 5.92 Å². The van der Waals surface area contributed by atoms with Gasteiger partial charge in [-0.1, -0.05) is 24.6 Å². The predicted octanol–water partition coefficient (Wildman–Crippen LogP) is 1.83. The summed E-state index contributed by atoms with van der Waals surface area (Å²) in [5, 5.41) is 9.69. The summed E-state index contributed by atoms with van der Waals surface area (Å²) in [4.78, 5) is 0. The van der Waals surface area contributed by atoms with Gasteiger partial charge in [0.1, 0.15) is 5.75 Å². The molecule has 0 saturated carbocycles. The Balaban J connectivity index is 2.28. The molecule has 0 spiro atoms. The average molecular weight is 213 g/mol. The van der Waals surface area contributed by atoms with Crippen molar-refractivity contribution in [3.05, 3.63) is 28.8 Å². The van der Waals surface area contributed by atoms with Gasteiger partial charge in [-0.3, -0.25) is 10.9 Å². The van der Waals surface area contributed by atoms with Crippen LogP contribution in [0.25, 0.3) is 0 Å². The summed E-state index contributed by atoms with van der Waals surface area (Å²) in [5.41, 5.74) is 7.38. The lowest BCUT2D eigenvalue weighted by Gasteiger charge is -2.15. The van der Waals surface area contributed by atoms with Crippen molar-refractivity contribution >= 4 is 11.6 Å². The predicted molar refractivity (Wildman–Crippen MR) is 56.2 cm³/mol. The minimum atomic E-state index is 0.133. The lowest BCUT2D eigenvalue weighted by molar-refractivity contribution is 0.472. The zero-order valence-electron chi connectivity index (χ0n) is 7.92. The van der Waals surface area contributed by atoms with Crippen LogP contribution in [0.15, 0.2) is 18.2 Å². The monoisotopic (exact) mass is 212 g/mol. The van der Waals surface area contributed by atoms with E-state index in [1.807, 2.05) is 6.07 Å². The second-order valence-corrected chi connectivity index (χ2v) is 4.10. The Labute approximate surface area is 88.1 Å². The molecule has 2 unspecified atom stereocenters. The highest BCUT2D eigenvalue weighted by molar-refractivity contribution is 6.32. The van der Waals surface area contributed by atoms with E-state index >= 15 is 0 Å². The van der Waals surface area contributed by atoms with Crippen LogP contribution in [0.2, 0.25) is 5.02 Å². The van der Waals surface area contributed by atoms with Gasteiger partial charge >= 0.3 is 0 Å². The van der Waals surface area contributed by atoms with Crippen LogP contribution in [0.4, 0.5) is 0 Å². The highest BCUT2D eigenvalue weighted by atomic mass is 35.5. The number of halogens is 1. The van der Waals surface area contributed by atoms with Gasteiger partial charge in [0, 0.05) is 6.54 Å². The third-order valence-electron chi connectivity index (χ3n) is 2.58. The van der Waals surface area contributed by atoms with E-state index < -0.39 is 0 Å².